The number of hydrogen-bond acceptors (Lipinski definition) is 4. The summed E-state index contributed by atoms with van der Waals surface area (Å²) < 4.78 is 0. The number of likely N-dealkylation sites (N-methyl/N-ethyl adjacent to an activating group) is 1. The first-order chi connectivity index (χ1) is 11.5. The molecular weight excluding hydrogens is 306 g/mol. The summed E-state index contributed by atoms with van der Waals surface area (Å²) in [7, 11) is 1.77. The highest BCUT2D eigenvalue weighted by Gasteiger charge is 2.39. The molecule has 1 aliphatic rings. The first kappa shape index (κ1) is 16.6. The zero-order valence-corrected chi connectivity index (χ0v) is 14.1. The van der Waals surface area contributed by atoms with Crippen LogP contribution in [0, 0.1) is 5.41 Å². The number of hydrogen-bond donors (Lipinski definition) is 2. The standard InChI is InChI=1S/C18H23N3O3/c1-12(17(24)21(2)10-18(11-22)8-5-9-18)15-13-6-3-4-7-14(13)16(23)20-19-15/h3-4,6-7,12,22H,5,8-11H2,1-2H3,(H,20,23). The van der Waals surface area contributed by atoms with E-state index in [0.717, 1.165) is 19.3 Å². The van der Waals surface area contributed by atoms with E-state index in [1.54, 1.807) is 31.0 Å². The predicted octanol–water partition coefficient (Wildman–Crippen LogP) is 1.65. The second-order valence-electron chi connectivity index (χ2n) is 6.91. The van der Waals surface area contributed by atoms with Gasteiger partial charge in [-0.2, -0.15) is 5.10 Å². The average Bonchev–Trinajstić information content (AvgIpc) is 2.57. The number of aliphatic hydroxyl groups excluding tert-OH is 1. The highest BCUT2D eigenvalue weighted by molar-refractivity contribution is 5.90. The minimum Gasteiger partial charge on any atom is -0.396 e. The fourth-order valence-corrected chi connectivity index (χ4v) is 3.54. The van der Waals surface area contributed by atoms with Crippen molar-refractivity contribution in [3.63, 3.8) is 0 Å². The van der Waals surface area contributed by atoms with Gasteiger partial charge in [-0.15, -0.1) is 0 Å². The zero-order valence-electron chi connectivity index (χ0n) is 14.1. The second-order valence-corrected chi connectivity index (χ2v) is 6.91. The lowest BCUT2D eigenvalue weighted by atomic mass is 9.69. The molecule has 1 unspecified atom stereocenters. The lowest BCUT2D eigenvalue weighted by Gasteiger charge is -2.43. The SMILES string of the molecule is CC(C(=O)N(C)CC1(CO)CCC1)c1n[nH]c(=O)c2ccccc12. The first-order valence-electron chi connectivity index (χ1n) is 8.31. The Kier molecular flexibility index (Phi) is 4.41. The van der Waals surface area contributed by atoms with Crippen LogP contribution in [0.15, 0.2) is 29.1 Å². The number of H-pyrrole nitrogens is 1. The average molecular weight is 329 g/mol. The van der Waals surface area contributed by atoms with Crippen molar-refractivity contribution in [2.75, 3.05) is 20.2 Å². The molecule has 1 aromatic carbocycles. The van der Waals surface area contributed by atoms with Crippen molar-refractivity contribution < 1.29 is 9.90 Å². The molecular formula is C18H23N3O3. The van der Waals surface area contributed by atoms with E-state index < -0.39 is 5.92 Å². The van der Waals surface area contributed by atoms with Gasteiger partial charge < -0.3 is 10.0 Å². The summed E-state index contributed by atoms with van der Waals surface area (Å²) >= 11 is 0. The minimum absolute atomic E-state index is 0.0561. The lowest BCUT2D eigenvalue weighted by Crippen LogP contribution is -2.46. The number of aromatic amines is 1. The first-order valence-corrected chi connectivity index (χ1v) is 8.31. The van der Waals surface area contributed by atoms with Gasteiger partial charge in [0.05, 0.1) is 23.6 Å². The van der Waals surface area contributed by atoms with E-state index in [-0.39, 0.29) is 23.5 Å². The molecule has 1 amide bonds. The van der Waals surface area contributed by atoms with Crippen molar-refractivity contribution in [1.82, 2.24) is 15.1 Å². The molecule has 1 aliphatic carbocycles. The van der Waals surface area contributed by atoms with Gasteiger partial charge in [-0.1, -0.05) is 24.6 Å². The molecule has 0 aliphatic heterocycles. The molecule has 1 atom stereocenters. The van der Waals surface area contributed by atoms with Gasteiger partial charge in [0.1, 0.15) is 0 Å². The molecule has 0 spiro atoms. The zero-order chi connectivity index (χ0) is 17.3. The van der Waals surface area contributed by atoms with Crippen molar-refractivity contribution in [3.05, 3.63) is 40.3 Å². The van der Waals surface area contributed by atoms with Gasteiger partial charge in [-0.25, -0.2) is 5.10 Å². The highest BCUT2D eigenvalue weighted by atomic mass is 16.3. The smallest absolute Gasteiger partial charge is 0.272 e. The summed E-state index contributed by atoms with van der Waals surface area (Å²) in [6, 6.07) is 7.18. The van der Waals surface area contributed by atoms with Crippen molar-refractivity contribution >= 4 is 16.7 Å². The van der Waals surface area contributed by atoms with E-state index in [1.165, 1.54) is 0 Å². The summed E-state index contributed by atoms with van der Waals surface area (Å²) in [6.07, 6.45) is 3.01. The molecule has 2 aromatic rings. The Bertz CT molecular complexity index is 805. The number of aromatic nitrogens is 2. The van der Waals surface area contributed by atoms with Gasteiger partial charge in [0, 0.05) is 24.4 Å². The number of fused-ring (bicyclic) bond motifs is 1. The summed E-state index contributed by atoms with van der Waals surface area (Å²) in [5.41, 5.74) is 0.176. The van der Waals surface area contributed by atoms with Crippen LogP contribution in [0.4, 0.5) is 0 Å². The van der Waals surface area contributed by atoms with E-state index in [1.807, 2.05) is 12.1 Å². The molecule has 6 nitrogen and oxygen atoms in total. The Morgan fingerprint density at radius 1 is 1.38 bits per heavy atom. The molecule has 24 heavy (non-hydrogen) atoms. The molecule has 1 aromatic heterocycles. The number of amides is 1. The maximum Gasteiger partial charge on any atom is 0.272 e. The van der Waals surface area contributed by atoms with Gasteiger partial charge in [0.2, 0.25) is 5.91 Å². The molecule has 6 heteroatoms. The van der Waals surface area contributed by atoms with E-state index in [4.69, 9.17) is 0 Å². The van der Waals surface area contributed by atoms with Crippen LogP contribution >= 0.6 is 0 Å². The fraction of sp³-hybridized carbons (Fsp3) is 0.500. The number of nitrogens with zero attached hydrogens (tertiary/aromatic N) is 2. The Hall–Kier alpha value is -2.21. The predicted molar refractivity (Wildman–Crippen MR) is 91.8 cm³/mol. The highest BCUT2D eigenvalue weighted by Crippen LogP contribution is 2.41. The van der Waals surface area contributed by atoms with Crippen molar-refractivity contribution in [1.29, 1.82) is 0 Å². The Morgan fingerprint density at radius 3 is 2.62 bits per heavy atom. The van der Waals surface area contributed by atoms with Gasteiger partial charge >= 0.3 is 0 Å². The quantitative estimate of drug-likeness (QED) is 0.873. The van der Waals surface area contributed by atoms with Gasteiger partial charge in [-0.3, -0.25) is 9.59 Å². The maximum atomic E-state index is 12.8. The van der Waals surface area contributed by atoms with Crippen LogP contribution in [-0.4, -0.2) is 46.3 Å². The number of carbonyl (C=O) groups excluding carboxylic acids is 1. The van der Waals surface area contributed by atoms with Crippen molar-refractivity contribution in [2.24, 2.45) is 5.41 Å². The Labute approximate surface area is 140 Å². The van der Waals surface area contributed by atoms with Gasteiger partial charge in [0.25, 0.3) is 5.56 Å². The van der Waals surface area contributed by atoms with Gasteiger partial charge in [0.15, 0.2) is 0 Å². The molecule has 1 fully saturated rings. The van der Waals surface area contributed by atoms with Crippen molar-refractivity contribution in [3.8, 4) is 0 Å². The van der Waals surface area contributed by atoms with E-state index >= 15 is 0 Å². The van der Waals surface area contributed by atoms with Crippen LogP contribution in [0.2, 0.25) is 0 Å². The molecule has 0 radical (unpaired) electrons. The monoisotopic (exact) mass is 329 g/mol. The number of aliphatic hydroxyl groups is 1. The van der Waals surface area contributed by atoms with Crippen LogP contribution in [0.3, 0.4) is 0 Å². The van der Waals surface area contributed by atoms with Crippen LogP contribution in [-0.2, 0) is 4.79 Å². The normalized spacial score (nSPS) is 17.3. The molecule has 0 saturated heterocycles. The molecule has 2 N–H and O–H groups in total. The van der Waals surface area contributed by atoms with E-state index in [2.05, 4.69) is 10.2 Å². The number of nitrogens with one attached hydrogen (secondary N) is 1. The summed E-state index contributed by atoms with van der Waals surface area (Å²) in [5, 5.41) is 17.5. The topological polar surface area (TPSA) is 86.3 Å². The molecule has 1 heterocycles. The Morgan fingerprint density at radius 2 is 2.04 bits per heavy atom. The number of rotatable bonds is 5. The van der Waals surface area contributed by atoms with E-state index in [9.17, 15) is 14.7 Å². The molecule has 128 valence electrons. The number of benzene rings is 1. The molecule has 1 saturated carbocycles. The molecule has 0 bridgehead atoms. The lowest BCUT2D eigenvalue weighted by molar-refractivity contribution is -0.134. The fourth-order valence-electron chi connectivity index (χ4n) is 3.54. The third-order valence-corrected chi connectivity index (χ3v) is 5.20. The number of carbonyl (C=O) groups is 1. The second kappa shape index (κ2) is 6.36. The van der Waals surface area contributed by atoms with Gasteiger partial charge in [-0.05, 0) is 25.8 Å². The van der Waals surface area contributed by atoms with E-state index in [0.29, 0.717) is 23.0 Å². The third-order valence-electron chi connectivity index (χ3n) is 5.20. The van der Waals surface area contributed by atoms with Crippen LogP contribution < -0.4 is 5.56 Å². The summed E-state index contributed by atoms with van der Waals surface area (Å²) in [6.45, 7) is 2.46. The summed E-state index contributed by atoms with van der Waals surface area (Å²) in [4.78, 5) is 26.4. The largest absolute Gasteiger partial charge is 0.396 e. The minimum atomic E-state index is -0.465. The Balaban J connectivity index is 1.86. The maximum absolute atomic E-state index is 12.8. The summed E-state index contributed by atoms with van der Waals surface area (Å²) in [5.74, 6) is -0.521. The third kappa shape index (κ3) is 2.82. The van der Waals surface area contributed by atoms with Crippen LogP contribution in [0.1, 0.15) is 37.8 Å². The van der Waals surface area contributed by atoms with Crippen LogP contribution in [0.25, 0.3) is 10.8 Å². The van der Waals surface area contributed by atoms with Crippen LogP contribution in [0.5, 0.6) is 0 Å². The van der Waals surface area contributed by atoms with Crippen molar-refractivity contribution in [2.45, 2.75) is 32.1 Å². The molecule has 3 rings (SSSR count).